The van der Waals surface area contributed by atoms with E-state index >= 15 is 0 Å². The number of aliphatic hydroxyl groups is 1. The van der Waals surface area contributed by atoms with Crippen molar-refractivity contribution in [1.82, 2.24) is 10.2 Å². The average Bonchev–Trinajstić information content (AvgIpc) is 3.90. The van der Waals surface area contributed by atoms with E-state index in [9.17, 15) is 29.1 Å². The lowest BCUT2D eigenvalue weighted by Gasteiger charge is -2.42. The van der Waals surface area contributed by atoms with E-state index in [4.69, 9.17) is 30.5 Å². The van der Waals surface area contributed by atoms with Gasteiger partial charge in [-0.1, -0.05) is 77.8 Å². The lowest BCUT2D eigenvalue weighted by molar-refractivity contribution is -0.142. The largest absolute Gasteiger partial charge is 0.495 e. The number of hydrogen-bond donors (Lipinski definition) is 2. The number of ether oxygens (including phenoxy) is 4. The number of fused-ring (bicyclic) bond motifs is 5. The number of carbonyl (C=O) groups excluding carboxylic acids is 5. The first-order valence-corrected chi connectivity index (χ1v) is 23.3. The number of nitrogens with one attached hydrogen (secondary N) is 1. The first kappa shape index (κ1) is 49.6. The molecule has 4 rings (SSSR count). The summed E-state index contributed by atoms with van der Waals surface area (Å²) in [6, 6.07) is 2.87. The highest BCUT2D eigenvalue weighted by molar-refractivity contribution is 8.77. The van der Waals surface area contributed by atoms with E-state index in [0.29, 0.717) is 35.9 Å². The second-order valence-corrected chi connectivity index (χ2v) is 20.5. The van der Waals surface area contributed by atoms with Crippen LogP contribution in [0.15, 0.2) is 35.9 Å². The van der Waals surface area contributed by atoms with Gasteiger partial charge in [0.15, 0.2) is 11.5 Å². The minimum atomic E-state index is -1.81. The summed E-state index contributed by atoms with van der Waals surface area (Å²) >= 11 is 6.83. The van der Waals surface area contributed by atoms with Gasteiger partial charge >= 0.3 is 6.09 Å². The van der Waals surface area contributed by atoms with Crippen molar-refractivity contribution in [3.05, 3.63) is 46.5 Å². The monoisotopic (exact) mass is 893 g/mol. The molecule has 3 amide bonds. The summed E-state index contributed by atoms with van der Waals surface area (Å²) in [4.78, 5) is 69.2. The number of Topliss-reactive ketones (excluding diaryl/α,β-unsaturated/α-hetero) is 2. The van der Waals surface area contributed by atoms with Gasteiger partial charge in [-0.05, 0) is 64.7 Å². The predicted molar refractivity (Wildman–Crippen MR) is 237 cm³/mol. The number of allylic oxidation sites excluding steroid dienone is 3. The molecule has 2 fully saturated rings. The number of carbonyl (C=O) groups is 5. The lowest BCUT2D eigenvalue weighted by atomic mass is 9.77. The van der Waals surface area contributed by atoms with Gasteiger partial charge in [-0.3, -0.25) is 19.7 Å². The minimum absolute atomic E-state index is 0.0184. The summed E-state index contributed by atoms with van der Waals surface area (Å²) in [7, 11) is 9.64. The quantitative estimate of drug-likeness (QED) is 0.132. The van der Waals surface area contributed by atoms with Crippen molar-refractivity contribution in [3.8, 4) is 5.75 Å². The number of epoxide rings is 1. The van der Waals surface area contributed by atoms with E-state index in [1.165, 1.54) is 24.0 Å². The van der Waals surface area contributed by atoms with Crippen molar-refractivity contribution >= 4 is 68.4 Å². The molecule has 3 aliphatic rings. The van der Waals surface area contributed by atoms with Crippen molar-refractivity contribution in [2.75, 3.05) is 33.2 Å². The molecule has 2 unspecified atom stereocenters. The standard InChI is InChI=1S/C44H64ClN3O10S2/c1-25-13-12-14-37(56-11)44(54)24-36(57-42(53)46-44)29(5)41-43(7,58-41)32(23-39(52)48(9)33-20-31(19-25)21-35(55-10)40(33)45)22-34(50)30(6)47(8)38(51)18-17-28(4)60-59-27(3)16-15-26(2)49/h12-14,20-21,27-30,32,36-37,41,54H,15-19,22-24H2,1-11H3,(H,46,53)/b14-12+,25-13+/t27?,28?,29-,30+,32+,36+,37-,41+,43+,44+/m1/s1. The van der Waals surface area contributed by atoms with Crippen LogP contribution in [-0.2, 0) is 39.8 Å². The van der Waals surface area contributed by atoms with Gasteiger partial charge < -0.3 is 38.6 Å². The Hall–Kier alpha value is -3.08. The van der Waals surface area contributed by atoms with Crippen LogP contribution in [0.4, 0.5) is 10.5 Å². The Balaban J connectivity index is 1.61. The van der Waals surface area contributed by atoms with Crippen molar-refractivity contribution < 1.29 is 48.0 Å². The zero-order valence-electron chi connectivity index (χ0n) is 36.9. The van der Waals surface area contributed by atoms with Crippen molar-refractivity contribution in [1.29, 1.82) is 0 Å². The molecule has 0 spiro atoms. The Bertz CT molecular complexity index is 1810. The van der Waals surface area contributed by atoms with E-state index in [0.717, 1.165) is 17.6 Å². The maximum atomic E-state index is 14.3. The number of anilines is 1. The highest BCUT2D eigenvalue weighted by Crippen LogP contribution is 2.52. The zero-order chi connectivity index (χ0) is 44.7. The molecule has 334 valence electrons. The first-order valence-electron chi connectivity index (χ1n) is 20.6. The molecule has 4 bridgehead atoms. The van der Waals surface area contributed by atoms with Gasteiger partial charge in [-0.15, -0.1) is 0 Å². The summed E-state index contributed by atoms with van der Waals surface area (Å²) < 4.78 is 23.5. The molecule has 16 heteroatoms. The van der Waals surface area contributed by atoms with Crippen LogP contribution in [0.25, 0.3) is 0 Å². The maximum absolute atomic E-state index is 14.3. The van der Waals surface area contributed by atoms with E-state index in [1.807, 2.05) is 39.0 Å². The van der Waals surface area contributed by atoms with Gasteiger partial charge in [0, 0.05) is 75.6 Å². The first-order chi connectivity index (χ1) is 28.1. The molecule has 13 nitrogen and oxygen atoms in total. The van der Waals surface area contributed by atoms with Crippen LogP contribution in [0.5, 0.6) is 5.75 Å². The number of amides is 3. The molecule has 3 heterocycles. The van der Waals surface area contributed by atoms with Gasteiger partial charge in [0.2, 0.25) is 11.8 Å². The molecule has 0 aliphatic carbocycles. The van der Waals surface area contributed by atoms with Crippen LogP contribution < -0.4 is 15.0 Å². The lowest BCUT2D eigenvalue weighted by Crippen LogP contribution is -2.63. The fourth-order valence-corrected chi connectivity index (χ4v) is 10.7. The molecular weight excluding hydrogens is 830 g/mol. The number of benzene rings is 1. The van der Waals surface area contributed by atoms with Gasteiger partial charge in [-0.2, -0.15) is 0 Å². The third-order valence-corrected chi connectivity index (χ3v) is 16.0. The van der Waals surface area contributed by atoms with Gasteiger partial charge in [0.25, 0.3) is 0 Å². The Morgan fingerprint density at radius 3 is 2.38 bits per heavy atom. The smallest absolute Gasteiger partial charge is 0.409 e. The Morgan fingerprint density at radius 1 is 1.12 bits per heavy atom. The summed E-state index contributed by atoms with van der Waals surface area (Å²) in [5.74, 6) is -1.25. The minimum Gasteiger partial charge on any atom is -0.495 e. The average molecular weight is 895 g/mol. The van der Waals surface area contributed by atoms with Crippen LogP contribution in [-0.4, -0.2) is 114 Å². The summed E-state index contributed by atoms with van der Waals surface area (Å²) in [6.45, 7) is 13.1. The Labute approximate surface area is 368 Å². The molecule has 10 atom stereocenters. The number of hydrogen-bond acceptors (Lipinski definition) is 12. The van der Waals surface area contributed by atoms with Gasteiger partial charge in [0.05, 0.1) is 30.5 Å². The fraction of sp³-hybridized carbons (Fsp3) is 0.659. The molecule has 0 aromatic heterocycles. The SMILES string of the molecule is COc1cc2cc(c1Cl)N(C)C(=O)C[C@H](CC(=O)[C@H](C)N(C)C(=O)CCC(C)SSC(C)CCC(C)=O)[C@]1(C)O[C@H]1[C@H](C)[C@@H]1C[C@@](O)(NC(=O)O1)[C@H](OC)/C=C/C=C(\C)C2. The topological polar surface area (TPSA) is 164 Å². The molecular formula is C44H64ClN3O10S2. The molecule has 3 aliphatic heterocycles. The number of ketones is 2. The second-order valence-electron chi connectivity index (χ2n) is 16.9. The molecule has 0 saturated carbocycles. The van der Waals surface area contributed by atoms with Crippen molar-refractivity contribution in [2.45, 2.75) is 146 Å². The van der Waals surface area contributed by atoms with Gasteiger partial charge in [0.1, 0.15) is 28.8 Å². The summed E-state index contributed by atoms with van der Waals surface area (Å²) in [6.07, 6.45) is 4.75. The van der Waals surface area contributed by atoms with E-state index in [-0.39, 0.29) is 59.3 Å². The number of alkyl carbamates (subject to hydrolysis) is 1. The van der Waals surface area contributed by atoms with Crippen LogP contribution >= 0.6 is 33.2 Å². The third-order valence-electron chi connectivity index (χ3n) is 12.1. The highest BCUT2D eigenvalue weighted by Gasteiger charge is 2.63. The number of nitrogens with zero attached hydrogens (tertiary/aromatic N) is 2. The Morgan fingerprint density at radius 2 is 1.77 bits per heavy atom. The zero-order valence-corrected chi connectivity index (χ0v) is 39.3. The molecule has 2 saturated heterocycles. The predicted octanol–water partition coefficient (Wildman–Crippen LogP) is 7.49. The highest BCUT2D eigenvalue weighted by atomic mass is 35.5. The van der Waals surface area contributed by atoms with E-state index in [1.54, 1.807) is 61.7 Å². The molecule has 1 aromatic rings. The molecule has 60 heavy (non-hydrogen) atoms. The van der Waals surface area contributed by atoms with E-state index < -0.39 is 53.6 Å². The maximum Gasteiger partial charge on any atom is 0.409 e. The summed E-state index contributed by atoms with van der Waals surface area (Å²) in [5.41, 5.74) is -0.601. The van der Waals surface area contributed by atoms with Crippen molar-refractivity contribution in [2.24, 2.45) is 11.8 Å². The second kappa shape index (κ2) is 21.3. The Kier molecular flexibility index (Phi) is 17.6. The van der Waals surface area contributed by atoms with Crippen molar-refractivity contribution in [3.63, 3.8) is 0 Å². The molecule has 1 aromatic carbocycles. The van der Waals surface area contributed by atoms with Crippen LogP contribution in [0.2, 0.25) is 5.02 Å². The molecule has 0 radical (unpaired) electrons. The van der Waals surface area contributed by atoms with Crippen LogP contribution in [0.3, 0.4) is 0 Å². The fourth-order valence-electron chi connectivity index (χ4n) is 7.88. The number of methoxy groups -OCH3 is 2. The van der Waals surface area contributed by atoms with Crippen LogP contribution in [0, 0.1) is 11.8 Å². The number of rotatable bonds is 15. The number of likely N-dealkylation sites (N-methyl/N-ethyl adjacent to an activating group) is 1. The third kappa shape index (κ3) is 12.5. The van der Waals surface area contributed by atoms with E-state index in [2.05, 4.69) is 19.2 Å². The van der Waals surface area contributed by atoms with Crippen LogP contribution in [0.1, 0.15) is 99.0 Å². The number of halogens is 1. The summed E-state index contributed by atoms with van der Waals surface area (Å²) in [5, 5.41) is 15.1. The van der Waals surface area contributed by atoms with Gasteiger partial charge in [-0.25, -0.2) is 4.79 Å². The molecule has 2 N–H and O–H groups in total. The normalized spacial score (nSPS) is 30.1.